The van der Waals surface area contributed by atoms with Crippen LogP contribution in [0.15, 0.2) is 72.8 Å². The van der Waals surface area contributed by atoms with E-state index in [-0.39, 0.29) is 48.8 Å². The fourth-order valence-electron chi connectivity index (χ4n) is 4.56. The normalized spacial score (nSPS) is 12.1. The highest BCUT2D eigenvalue weighted by Gasteiger charge is 2.31. The third-order valence-corrected chi connectivity index (χ3v) is 8.43. The number of hydrogen-bond acceptors (Lipinski definition) is 5. The summed E-state index contributed by atoms with van der Waals surface area (Å²) in [5, 5.41) is 3.71. The number of hydrogen-bond donors (Lipinski definition) is 1. The first kappa shape index (κ1) is 33.2. The SMILES string of the molecule is COc1ccc(N(CCCC(=O)N(Cc2ccccc2Cl)[C@H](Cc2ccccc2)C(=O)NC(C)C)S(C)(=O)=O)cc1Cl. The van der Waals surface area contributed by atoms with Crippen molar-refractivity contribution in [2.75, 3.05) is 24.2 Å². The standard InChI is InChI=1S/C31H37Cl2N3O5S/c1-22(2)34-31(38)28(19-23-11-6-5-7-12-23)35(21-24-13-8-9-14-26(24)32)30(37)15-10-18-36(42(4,39)40)25-16-17-29(41-3)27(33)20-25/h5-9,11-14,16-17,20,22,28H,10,15,18-19,21H2,1-4H3,(H,34,38)/t28-/m1/s1. The van der Waals surface area contributed by atoms with E-state index in [4.69, 9.17) is 27.9 Å². The number of carbonyl (C=O) groups is 2. The van der Waals surface area contributed by atoms with Crippen molar-refractivity contribution in [1.29, 1.82) is 0 Å². The predicted octanol–water partition coefficient (Wildman–Crippen LogP) is 5.71. The maximum atomic E-state index is 13.9. The van der Waals surface area contributed by atoms with Crippen molar-refractivity contribution in [3.63, 3.8) is 0 Å². The van der Waals surface area contributed by atoms with Crippen LogP contribution in [-0.4, -0.2) is 57.1 Å². The molecule has 1 N–H and O–H groups in total. The molecule has 0 aromatic heterocycles. The van der Waals surface area contributed by atoms with Crippen molar-refractivity contribution in [2.24, 2.45) is 0 Å². The lowest BCUT2D eigenvalue weighted by atomic mass is 10.0. The maximum Gasteiger partial charge on any atom is 0.243 e. The molecular weight excluding hydrogens is 597 g/mol. The van der Waals surface area contributed by atoms with Gasteiger partial charge in [0.15, 0.2) is 0 Å². The zero-order valence-electron chi connectivity index (χ0n) is 24.2. The van der Waals surface area contributed by atoms with Crippen LogP contribution in [0.4, 0.5) is 5.69 Å². The fourth-order valence-corrected chi connectivity index (χ4v) is 5.96. The lowest BCUT2D eigenvalue weighted by molar-refractivity contribution is -0.141. The number of ether oxygens (including phenoxy) is 1. The van der Waals surface area contributed by atoms with Gasteiger partial charge in [0.05, 0.1) is 24.1 Å². The van der Waals surface area contributed by atoms with Crippen LogP contribution in [0.1, 0.15) is 37.8 Å². The Bertz CT molecular complexity index is 1470. The molecule has 3 aromatic carbocycles. The summed E-state index contributed by atoms with van der Waals surface area (Å²) in [6, 6.07) is 20.4. The van der Waals surface area contributed by atoms with Crippen LogP contribution in [0, 0.1) is 0 Å². The molecule has 0 saturated heterocycles. The highest BCUT2D eigenvalue weighted by molar-refractivity contribution is 7.92. The molecular formula is C31H37Cl2N3O5S. The van der Waals surface area contributed by atoms with E-state index in [1.807, 2.05) is 56.3 Å². The number of carbonyl (C=O) groups excluding carboxylic acids is 2. The summed E-state index contributed by atoms with van der Waals surface area (Å²) in [5.74, 6) is -0.153. The smallest absolute Gasteiger partial charge is 0.243 e. The second-order valence-electron chi connectivity index (χ2n) is 10.2. The summed E-state index contributed by atoms with van der Waals surface area (Å²) < 4.78 is 31.7. The van der Waals surface area contributed by atoms with Crippen LogP contribution in [0.5, 0.6) is 5.75 Å². The van der Waals surface area contributed by atoms with Gasteiger partial charge < -0.3 is 15.0 Å². The number of halogens is 2. The van der Waals surface area contributed by atoms with Gasteiger partial charge in [0.1, 0.15) is 11.8 Å². The van der Waals surface area contributed by atoms with Crippen molar-refractivity contribution < 1.29 is 22.7 Å². The van der Waals surface area contributed by atoms with E-state index >= 15 is 0 Å². The highest BCUT2D eigenvalue weighted by Crippen LogP contribution is 2.30. The van der Waals surface area contributed by atoms with E-state index < -0.39 is 16.1 Å². The summed E-state index contributed by atoms with van der Waals surface area (Å²) in [4.78, 5) is 28.9. The summed E-state index contributed by atoms with van der Waals surface area (Å²) in [5.41, 5.74) is 1.97. The molecule has 42 heavy (non-hydrogen) atoms. The molecule has 0 saturated carbocycles. The quantitative estimate of drug-likeness (QED) is 0.245. The second-order valence-corrected chi connectivity index (χ2v) is 13.0. The van der Waals surface area contributed by atoms with Crippen molar-refractivity contribution in [3.05, 3.63) is 94.0 Å². The minimum atomic E-state index is -3.68. The zero-order chi connectivity index (χ0) is 30.9. The monoisotopic (exact) mass is 633 g/mol. The molecule has 0 aliphatic heterocycles. The van der Waals surface area contributed by atoms with Crippen LogP contribution < -0.4 is 14.4 Å². The van der Waals surface area contributed by atoms with Crippen LogP contribution in [0.2, 0.25) is 10.0 Å². The van der Waals surface area contributed by atoms with Crippen LogP contribution >= 0.6 is 23.2 Å². The van der Waals surface area contributed by atoms with Crippen LogP contribution in [0.3, 0.4) is 0 Å². The molecule has 0 heterocycles. The van der Waals surface area contributed by atoms with Gasteiger partial charge in [-0.1, -0.05) is 71.7 Å². The molecule has 11 heteroatoms. The summed E-state index contributed by atoms with van der Waals surface area (Å²) in [6.07, 6.45) is 1.61. The molecule has 8 nitrogen and oxygen atoms in total. The van der Waals surface area contributed by atoms with E-state index in [1.165, 1.54) is 17.5 Å². The van der Waals surface area contributed by atoms with Gasteiger partial charge in [-0.05, 0) is 55.7 Å². The Morgan fingerprint density at radius 1 is 0.952 bits per heavy atom. The third kappa shape index (κ3) is 9.37. The van der Waals surface area contributed by atoms with Crippen LogP contribution in [0.25, 0.3) is 0 Å². The number of amides is 2. The van der Waals surface area contributed by atoms with Crippen LogP contribution in [-0.2, 0) is 32.6 Å². The molecule has 1 atom stereocenters. The minimum absolute atomic E-state index is 0.000603. The van der Waals surface area contributed by atoms with Crippen molar-refractivity contribution in [1.82, 2.24) is 10.2 Å². The van der Waals surface area contributed by atoms with Gasteiger partial charge >= 0.3 is 0 Å². The Morgan fingerprint density at radius 3 is 2.21 bits per heavy atom. The number of nitrogens with one attached hydrogen (secondary N) is 1. The van der Waals surface area contributed by atoms with E-state index in [2.05, 4.69) is 5.32 Å². The molecule has 0 radical (unpaired) electrons. The van der Waals surface area contributed by atoms with Gasteiger partial charge in [0, 0.05) is 37.0 Å². The number of nitrogens with zero attached hydrogens (tertiary/aromatic N) is 2. The summed E-state index contributed by atoms with van der Waals surface area (Å²) in [6.45, 7) is 3.88. The topological polar surface area (TPSA) is 96.0 Å². The Hall–Kier alpha value is -3.27. The lowest BCUT2D eigenvalue weighted by Gasteiger charge is -2.32. The molecule has 0 aliphatic carbocycles. The number of methoxy groups -OCH3 is 1. The van der Waals surface area contributed by atoms with E-state index in [1.54, 1.807) is 29.2 Å². The molecule has 226 valence electrons. The van der Waals surface area contributed by atoms with E-state index in [0.29, 0.717) is 28.4 Å². The number of anilines is 1. The average molecular weight is 635 g/mol. The van der Waals surface area contributed by atoms with E-state index in [9.17, 15) is 18.0 Å². The summed E-state index contributed by atoms with van der Waals surface area (Å²) >= 11 is 12.7. The summed E-state index contributed by atoms with van der Waals surface area (Å²) in [7, 11) is -2.21. The van der Waals surface area contributed by atoms with Crippen molar-refractivity contribution >= 4 is 50.7 Å². The number of rotatable bonds is 14. The molecule has 3 aromatic rings. The highest BCUT2D eigenvalue weighted by atomic mass is 35.5. The third-order valence-electron chi connectivity index (χ3n) is 6.58. The van der Waals surface area contributed by atoms with Gasteiger partial charge in [-0.2, -0.15) is 0 Å². The Kier molecular flexibility index (Phi) is 12.1. The fraction of sp³-hybridized carbons (Fsp3) is 0.355. The molecule has 0 aliphatic rings. The zero-order valence-corrected chi connectivity index (χ0v) is 26.5. The van der Waals surface area contributed by atoms with Gasteiger partial charge in [0.25, 0.3) is 0 Å². The molecule has 2 amide bonds. The maximum absolute atomic E-state index is 13.9. The Morgan fingerprint density at radius 2 is 1.62 bits per heavy atom. The Labute approximate surface area is 258 Å². The van der Waals surface area contributed by atoms with Gasteiger partial charge in [0.2, 0.25) is 21.8 Å². The first-order valence-corrected chi connectivity index (χ1v) is 16.2. The molecule has 3 rings (SSSR count). The molecule has 0 bridgehead atoms. The van der Waals surface area contributed by atoms with Gasteiger partial charge in [-0.3, -0.25) is 13.9 Å². The number of sulfonamides is 1. The van der Waals surface area contributed by atoms with Crippen molar-refractivity contribution in [2.45, 2.75) is 51.7 Å². The Balaban J connectivity index is 1.89. The first-order valence-electron chi connectivity index (χ1n) is 13.6. The second kappa shape index (κ2) is 15.3. The van der Waals surface area contributed by atoms with Gasteiger partial charge in [-0.15, -0.1) is 0 Å². The molecule has 0 spiro atoms. The largest absolute Gasteiger partial charge is 0.495 e. The van der Waals surface area contributed by atoms with Gasteiger partial charge in [-0.25, -0.2) is 8.42 Å². The van der Waals surface area contributed by atoms with Crippen molar-refractivity contribution in [3.8, 4) is 5.75 Å². The number of benzene rings is 3. The average Bonchev–Trinajstić information content (AvgIpc) is 2.93. The van der Waals surface area contributed by atoms with E-state index in [0.717, 1.165) is 11.8 Å². The molecule has 0 fully saturated rings. The minimum Gasteiger partial charge on any atom is -0.495 e. The first-order chi connectivity index (χ1) is 19.9. The molecule has 0 unspecified atom stereocenters. The lowest BCUT2D eigenvalue weighted by Crippen LogP contribution is -2.51. The predicted molar refractivity (Wildman–Crippen MR) is 169 cm³/mol.